The number of rotatable bonds is 9. The van der Waals surface area contributed by atoms with Gasteiger partial charge >= 0.3 is 11.8 Å². The first-order chi connectivity index (χ1) is 16.1. The van der Waals surface area contributed by atoms with E-state index < -0.39 is 11.8 Å². The van der Waals surface area contributed by atoms with E-state index in [1.54, 1.807) is 23.1 Å². The molecule has 0 spiro atoms. The number of morpholine rings is 1. The van der Waals surface area contributed by atoms with E-state index in [-0.39, 0.29) is 18.6 Å². The summed E-state index contributed by atoms with van der Waals surface area (Å²) in [6, 6.07) is 5.03. The fraction of sp³-hybridized carbons (Fsp3) is 0.545. The largest absolute Gasteiger partial charge is 0.490 e. The van der Waals surface area contributed by atoms with Crippen LogP contribution in [0, 0.1) is 0 Å². The predicted octanol–water partition coefficient (Wildman–Crippen LogP) is 0.0682. The van der Waals surface area contributed by atoms with Crippen LogP contribution in [0.1, 0.15) is 25.3 Å². The molecule has 0 aliphatic carbocycles. The molecule has 11 heteroatoms. The van der Waals surface area contributed by atoms with Crippen molar-refractivity contribution >= 4 is 23.9 Å². The van der Waals surface area contributed by atoms with Crippen molar-refractivity contribution in [2.45, 2.75) is 25.9 Å². The number of amides is 3. The SMILES string of the molecule is CCOc1cc(C=NNC(=O)C(=O)NC[C@@H]2CCCO2)ccc1OCC(=O)N1CCOCC1. The molecule has 3 amide bonds. The van der Waals surface area contributed by atoms with E-state index in [9.17, 15) is 14.4 Å². The Morgan fingerprint density at radius 1 is 1.15 bits per heavy atom. The zero-order chi connectivity index (χ0) is 23.5. The molecule has 2 fully saturated rings. The molecule has 2 saturated heterocycles. The number of hydrazone groups is 1. The lowest BCUT2D eigenvalue weighted by Gasteiger charge is -2.26. The molecule has 2 aliphatic rings. The molecule has 11 nitrogen and oxygen atoms in total. The van der Waals surface area contributed by atoms with Gasteiger partial charge in [0.25, 0.3) is 5.91 Å². The molecule has 0 radical (unpaired) electrons. The molecule has 3 rings (SSSR count). The van der Waals surface area contributed by atoms with Gasteiger partial charge in [-0.05, 0) is 43.5 Å². The Morgan fingerprint density at radius 2 is 1.97 bits per heavy atom. The summed E-state index contributed by atoms with van der Waals surface area (Å²) in [7, 11) is 0. The summed E-state index contributed by atoms with van der Waals surface area (Å²) in [5.41, 5.74) is 2.81. The first-order valence-corrected chi connectivity index (χ1v) is 11.0. The van der Waals surface area contributed by atoms with Crippen LogP contribution in [0.2, 0.25) is 0 Å². The molecular formula is C22H30N4O7. The smallest absolute Gasteiger partial charge is 0.329 e. The van der Waals surface area contributed by atoms with Crippen LogP contribution < -0.4 is 20.2 Å². The number of hydrogen-bond donors (Lipinski definition) is 2. The molecule has 0 aromatic heterocycles. The summed E-state index contributed by atoms with van der Waals surface area (Å²) < 4.78 is 21.9. The summed E-state index contributed by atoms with van der Waals surface area (Å²) >= 11 is 0. The van der Waals surface area contributed by atoms with Crippen LogP contribution in [0.3, 0.4) is 0 Å². The zero-order valence-electron chi connectivity index (χ0n) is 18.7. The Kier molecular flexibility index (Phi) is 9.45. The van der Waals surface area contributed by atoms with Gasteiger partial charge in [0, 0.05) is 26.2 Å². The van der Waals surface area contributed by atoms with E-state index in [0.717, 1.165) is 12.8 Å². The quantitative estimate of drug-likeness (QED) is 0.302. The number of ether oxygens (including phenoxy) is 4. The number of benzene rings is 1. The normalized spacial score (nSPS) is 18.2. The average Bonchev–Trinajstić information content (AvgIpc) is 3.36. The fourth-order valence-electron chi connectivity index (χ4n) is 3.34. The second-order valence-corrected chi connectivity index (χ2v) is 7.47. The zero-order valence-corrected chi connectivity index (χ0v) is 18.7. The molecule has 2 N–H and O–H groups in total. The summed E-state index contributed by atoms with van der Waals surface area (Å²) in [4.78, 5) is 37.7. The molecular weight excluding hydrogens is 432 g/mol. The van der Waals surface area contributed by atoms with Crippen LogP contribution in [-0.2, 0) is 23.9 Å². The van der Waals surface area contributed by atoms with Crippen LogP contribution in [0.4, 0.5) is 0 Å². The van der Waals surface area contributed by atoms with Crippen molar-refractivity contribution in [2.24, 2.45) is 5.10 Å². The van der Waals surface area contributed by atoms with E-state index in [4.69, 9.17) is 18.9 Å². The minimum Gasteiger partial charge on any atom is -0.490 e. The van der Waals surface area contributed by atoms with Crippen LogP contribution in [0.25, 0.3) is 0 Å². The fourth-order valence-corrected chi connectivity index (χ4v) is 3.34. The van der Waals surface area contributed by atoms with Gasteiger partial charge in [-0.15, -0.1) is 0 Å². The van der Waals surface area contributed by atoms with E-state index in [2.05, 4.69) is 15.8 Å². The molecule has 180 valence electrons. The number of carbonyl (C=O) groups excluding carboxylic acids is 3. The first kappa shape index (κ1) is 24.5. The maximum absolute atomic E-state index is 12.3. The second-order valence-electron chi connectivity index (χ2n) is 7.47. The molecule has 2 aliphatic heterocycles. The summed E-state index contributed by atoms with van der Waals surface area (Å²) in [6.07, 6.45) is 3.15. The van der Waals surface area contributed by atoms with E-state index >= 15 is 0 Å². The van der Waals surface area contributed by atoms with E-state index in [1.165, 1.54) is 6.21 Å². The Morgan fingerprint density at radius 3 is 2.70 bits per heavy atom. The van der Waals surface area contributed by atoms with Gasteiger partial charge in [-0.2, -0.15) is 5.10 Å². The highest BCUT2D eigenvalue weighted by Crippen LogP contribution is 2.28. The Hall–Kier alpha value is -3.18. The van der Waals surface area contributed by atoms with Crippen LogP contribution in [-0.4, -0.2) is 87.6 Å². The van der Waals surface area contributed by atoms with Crippen molar-refractivity contribution in [3.63, 3.8) is 0 Å². The van der Waals surface area contributed by atoms with Gasteiger partial charge in [0.2, 0.25) is 0 Å². The molecule has 1 aromatic rings. The van der Waals surface area contributed by atoms with Gasteiger partial charge in [-0.1, -0.05) is 0 Å². The molecule has 33 heavy (non-hydrogen) atoms. The van der Waals surface area contributed by atoms with Crippen LogP contribution in [0.15, 0.2) is 23.3 Å². The third-order valence-corrected chi connectivity index (χ3v) is 5.08. The van der Waals surface area contributed by atoms with Crippen molar-refractivity contribution in [1.82, 2.24) is 15.6 Å². The Bertz CT molecular complexity index is 849. The Balaban J connectivity index is 1.49. The standard InChI is InChI=1S/C22H30N4O7/c1-2-31-19-12-16(5-6-18(19)33-15-20(27)26-7-10-30-11-8-26)13-24-25-22(29)21(28)23-14-17-4-3-9-32-17/h5-6,12-13,17H,2-4,7-11,14-15H2,1H3,(H,23,28)(H,25,29)/t17-/m0/s1. The van der Waals surface area contributed by atoms with Crippen molar-refractivity contribution in [1.29, 1.82) is 0 Å². The van der Waals surface area contributed by atoms with E-state index in [1.807, 2.05) is 6.92 Å². The van der Waals surface area contributed by atoms with Gasteiger partial charge < -0.3 is 29.2 Å². The number of nitrogens with zero attached hydrogens (tertiary/aromatic N) is 2. The van der Waals surface area contributed by atoms with Gasteiger partial charge in [-0.3, -0.25) is 14.4 Å². The maximum atomic E-state index is 12.3. The monoisotopic (exact) mass is 462 g/mol. The van der Waals surface area contributed by atoms with Crippen LogP contribution in [0.5, 0.6) is 11.5 Å². The first-order valence-electron chi connectivity index (χ1n) is 11.0. The lowest BCUT2D eigenvalue weighted by atomic mass is 10.2. The van der Waals surface area contributed by atoms with Gasteiger partial charge in [-0.25, -0.2) is 5.43 Å². The van der Waals surface area contributed by atoms with Crippen molar-refractivity contribution in [3.8, 4) is 11.5 Å². The molecule has 2 heterocycles. The summed E-state index contributed by atoms with van der Waals surface area (Å²) in [5, 5.41) is 6.35. The number of nitrogens with one attached hydrogen (secondary N) is 2. The highest BCUT2D eigenvalue weighted by atomic mass is 16.5. The third kappa shape index (κ3) is 7.72. The van der Waals surface area contributed by atoms with Gasteiger partial charge in [0.15, 0.2) is 18.1 Å². The topological polar surface area (TPSA) is 128 Å². The minimum absolute atomic E-state index is 0.0489. The molecule has 0 saturated carbocycles. The second kappa shape index (κ2) is 12.8. The van der Waals surface area contributed by atoms with E-state index in [0.29, 0.717) is 63.1 Å². The summed E-state index contributed by atoms with van der Waals surface area (Å²) in [6.45, 7) is 5.24. The maximum Gasteiger partial charge on any atom is 0.329 e. The number of hydrogen-bond acceptors (Lipinski definition) is 8. The Labute approximate surface area is 192 Å². The highest BCUT2D eigenvalue weighted by Gasteiger charge is 2.20. The minimum atomic E-state index is -0.865. The summed E-state index contributed by atoms with van der Waals surface area (Å²) in [5.74, 6) is -0.890. The third-order valence-electron chi connectivity index (χ3n) is 5.08. The highest BCUT2D eigenvalue weighted by molar-refractivity contribution is 6.35. The van der Waals surface area contributed by atoms with Crippen molar-refractivity contribution in [2.75, 3.05) is 52.7 Å². The average molecular weight is 463 g/mol. The lowest BCUT2D eigenvalue weighted by Crippen LogP contribution is -2.43. The predicted molar refractivity (Wildman–Crippen MR) is 118 cm³/mol. The van der Waals surface area contributed by atoms with Crippen molar-refractivity contribution in [3.05, 3.63) is 23.8 Å². The lowest BCUT2D eigenvalue weighted by molar-refractivity contribution is -0.139. The van der Waals surface area contributed by atoms with Gasteiger partial charge in [0.1, 0.15) is 0 Å². The molecule has 0 unspecified atom stereocenters. The molecule has 0 bridgehead atoms. The van der Waals surface area contributed by atoms with Crippen LogP contribution >= 0.6 is 0 Å². The van der Waals surface area contributed by atoms with Crippen molar-refractivity contribution < 1.29 is 33.3 Å². The molecule has 1 aromatic carbocycles. The number of carbonyl (C=O) groups is 3. The molecule has 1 atom stereocenters. The van der Waals surface area contributed by atoms with Gasteiger partial charge in [0.05, 0.1) is 32.1 Å².